The maximum atomic E-state index is 9.76. The van der Waals surface area contributed by atoms with Crippen LogP contribution in [0.5, 0.6) is 5.75 Å². The minimum atomic E-state index is -0.583. The molecule has 0 aromatic heterocycles. The zero-order valence-electron chi connectivity index (χ0n) is 11.4. The first-order valence-corrected chi connectivity index (χ1v) is 7.08. The lowest BCUT2D eigenvalue weighted by Crippen LogP contribution is -2.02. The van der Waals surface area contributed by atoms with E-state index in [1.165, 1.54) is 0 Å². The smallest absolute Gasteiger partial charge is 0.125 e. The Morgan fingerprint density at radius 2 is 1.90 bits per heavy atom. The van der Waals surface area contributed by atoms with Gasteiger partial charge in [-0.1, -0.05) is 35.3 Å². The fourth-order valence-electron chi connectivity index (χ4n) is 1.92. The van der Waals surface area contributed by atoms with E-state index in [9.17, 15) is 5.11 Å². The van der Waals surface area contributed by atoms with Gasteiger partial charge in [0.2, 0.25) is 0 Å². The van der Waals surface area contributed by atoms with E-state index in [2.05, 4.69) is 0 Å². The first-order valence-electron chi connectivity index (χ1n) is 6.32. The van der Waals surface area contributed by atoms with E-state index in [1.54, 1.807) is 25.1 Å². The number of ether oxygens (including phenoxy) is 1. The van der Waals surface area contributed by atoms with Gasteiger partial charge in [-0.3, -0.25) is 0 Å². The van der Waals surface area contributed by atoms with Crippen LogP contribution in [0.2, 0.25) is 10.0 Å². The van der Waals surface area contributed by atoms with E-state index in [4.69, 9.17) is 27.9 Å². The zero-order chi connectivity index (χ0) is 14.7. The Bertz CT molecular complexity index is 609. The van der Waals surface area contributed by atoms with Gasteiger partial charge < -0.3 is 9.84 Å². The molecule has 2 rings (SSSR count). The summed E-state index contributed by atoms with van der Waals surface area (Å²) >= 11 is 12.1. The maximum Gasteiger partial charge on any atom is 0.125 e. The molecule has 0 fully saturated rings. The Balaban J connectivity index is 2.22. The highest BCUT2D eigenvalue weighted by molar-refractivity contribution is 6.33. The molecule has 0 radical (unpaired) electrons. The lowest BCUT2D eigenvalue weighted by Gasteiger charge is -2.15. The van der Waals surface area contributed by atoms with Gasteiger partial charge in [-0.25, -0.2) is 0 Å². The third-order valence-corrected chi connectivity index (χ3v) is 3.61. The summed E-state index contributed by atoms with van der Waals surface area (Å²) in [5.74, 6) is 0.663. The van der Waals surface area contributed by atoms with Crippen LogP contribution in [-0.2, 0) is 6.61 Å². The third-order valence-electron chi connectivity index (χ3n) is 3.01. The number of hydrogen-bond acceptors (Lipinski definition) is 2. The van der Waals surface area contributed by atoms with Crippen molar-refractivity contribution in [2.45, 2.75) is 26.6 Å². The highest BCUT2D eigenvalue weighted by Gasteiger charge is 2.10. The van der Waals surface area contributed by atoms with Gasteiger partial charge in [0.05, 0.1) is 6.10 Å². The largest absolute Gasteiger partial charge is 0.488 e. The fourth-order valence-corrected chi connectivity index (χ4v) is 2.29. The Morgan fingerprint density at radius 3 is 2.60 bits per heavy atom. The summed E-state index contributed by atoms with van der Waals surface area (Å²) in [4.78, 5) is 0. The summed E-state index contributed by atoms with van der Waals surface area (Å²) in [7, 11) is 0. The number of aliphatic hydroxyl groups is 1. The van der Waals surface area contributed by atoms with E-state index in [0.29, 0.717) is 22.4 Å². The van der Waals surface area contributed by atoms with E-state index < -0.39 is 6.10 Å². The van der Waals surface area contributed by atoms with Crippen LogP contribution in [0.3, 0.4) is 0 Å². The summed E-state index contributed by atoms with van der Waals surface area (Å²) in [5, 5.41) is 11.0. The molecular formula is C16H16Cl2O2. The third kappa shape index (κ3) is 3.66. The molecule has 2 nitrogen and oxygen atoms in total. The average molecular weight is 311 g/mol. The summed E-state index contributed by atoms with van der Waals surface area (Å²) in [5.41, 5.74) is 2.65. The van der Waals surface area contributed by atoms with Gasteiger partial charge in [0.15, 0.2) is 0 Å². The van der Waals surface area contributed by atoms with Crippen LogP contribution in [0.1, 0.15) is 29.7 Å². The molecule has 1 atom stereocenters. The Morgan fingerprint density at radius 1 is 1.15 bits per heavy atom. The minimum absolute atomic E-state index is 0.308. The van der Waals surface area contributed by atoms with Crippen molar-refractivity contribution in [3.8, 4) is 5.75 Å². The molecule has 2 aromatic rings. The molecule has 0 aliphatic carbocycles. The standard InChI is InChI=1S/C16H16Cl2O2/c1-10-3-5-14(11(2)19)16(7-10)20-9-12-8-13(17)4-6-15(12)18/h3-8,11,19H,9H2,1-2H3/t11-/m1/s1. The van der Waals surface area contributed by atoms with Crippen molar-refractivity contribution in [2.75, 3.05) is 0 Å². The van der Waals surface area contributed by atoms with Crippen LogP contribution in [0.25, 0.3) is 0 Å². The van der Waals surface area contributed by atoms with E-state index in [0.717, 1.165) is 16.7 Å². The zero-order valence-corrected chi connectivity index (χ0v) is 12.9. The Hall–Kier alpha value is -1.22. The van der Waals surface area contributed by atoms with Gasteiger partial charge in [0.25, 0.3) is 0 Å². The highest BCUT2D eigenvalue weighted by Crippen LogP contribution is 2.28. The van der Waals surface area contributed by atoms with Crippen LogP contribution in [0, 0.1) is 6.92 Å². The molecule has 20 heavy (non-hydrogen) atoms. The first-order chi connectivity index (χ1) is 9.47. The number of aryl methyl sites for hydroxylation is 1. The van der Waals surface area contributed by atoms with Crippen molar-refractivity contribution in [3.63, 3.8) is 0 Å². The summed E-state index contributed by atoms with van der Waals surface area (Å²) < 4.78 is 5.80. The molecule has 0 saturated heterocycles. The SMILES string of the molecule is Cc1ccc([C@@H](C)O)c(OCc2cc(Cl)ccc2Cl)c1. The summed E-state index contributed by atoms with van der Waals surface area (Å²) in [6.07, 6.45) is -0.583. The van der Waals surface area contributed by atoms with Gasteiger partial charge >= 0.3 is 0 Å². The number of hydrogen-bond donors (Lipinski definition) is 1. The number of benzene rings is 2. The predicted octanol–water partition coefficient (Wildman–Crippen LogP) is 4.93. The van der Waals surface area contributed by atoms with Crippen LogP contribution in [0.15, 0.2) is 36.4 Å². The summed E-state index contributed by atoms with van der Waals surface area (Å²) in [6.45, 7) is 4.00. The van der Waals surface area contributed by atoms with Crippen LogP contribution < -0.4 is 4.74 Å². The lowest BCUT2D eigenvalue weighted by atomic mass is 10.1. The molecule has 0 heterocycles. The molecule has 106 valence electrons. The van der Waals surface area contributed by atoms with E-state index >= 15 is 0 Å². The number of aliphatic hydroxyl groups excluding tert-OH is 1. The van der Waals surface area contributed by atoms with Gasteiger partial charge in [0.1, 0.15) is 12.4 Å². The van der Waals surface area contributed by atoms with Crippen molar-refractivity contribution >= 4 is 23.2 Å². The van der Waals surface area contributed by atoms with E-state index in [-0.39, 0.29) is 0 Å². The number of rotatable bonds is 4. The van der Waals surface area contributed by atoms with Crippen LogP contribution in [0.4, 0.5) is 0 Å². The quantitative estimate of drug-likeness (QED) is 0.867. The second-order valence-electron chi connectivity index (χ2n) is 4.74. The molecular weight excluding hydrogens is 295 g/mol. The molecule has 4 heteroatoms. The maximum absolute atomic E-state index is 9.76. The predicted molar refractivity (Wildman–Crippen MR) is 82.6 cm³/mol. The van der Waals surface area contributed by atoms with Crippen LogP contribution in [-0.4, -0.2) is 5.11 Å². The van der Waals surface area contributed by atoms with Gasteiger partial charge in [-0.05, 0) is 43.7 Å². The molecule has 0 amide bonds. The Labute approximate surface area is 128 Å². The molecule has 0 saturated carbocycles. The van der Waals surface area contributed by atoms with Gasteiger partial charge in [-0.15, -0.1) is 0 Å². The molecule has 0 spiro atoms. The molecule has 0 aliphatic rings. The van der Waals surface area contributed by atoms with E-state index in [1.807, 2.05) is 25.1 Å². The van der Waals surface area contributed by atoms with Crippen LogP contribution >= 0.6 is 23.2 Å². The fraction of sp³-hybridized carbons (Fsp3) is 0.250. The monoisotopic (exact) mass is 310 g/mol. The van der Waals surface area contributed by atoms with Gasteiger partial charge in [-0.2, -0.15) is 0 Å². The van der Waals surface area contributed by atoms with Crippen molar-refractivity contribution in [1.29, 1.82) is 0 Å². The van der Waals surface area contributed by atoms with Gasteiger partial charge in [0, 0.05) is 21.2 Å². The normalized spacial score (nSPS) is 12.2. The lowest BCUT2D eigenvalue weighted by molar-refractivity contribution is 0.190. The minimum Gasteiger partial charge on any atom is -0.488 e. The Kier molecular flexibility index (Phi) is 4.92. The molecule has 0 bridgehead atoms. The van der Waals surface area contributed by atoms with Crippen molar-refractivity contribution < 1.29 is 9.84 Å². The second kappa shape index (κ2) is 6.49. The number of halogens is 2. The molecule has 0 aliphatic heterocycles. The highest BCUT2D eigenvalue weighted by atomic mass is 35.5. The van der Waals surface area contributed by atoms with Crippen molar-refractivity contribution in [1.82, 2.24) is 0 Å². The average Bonchev–Trinajstić information content (AvgIpc) is 2.39. The summed E-state index contributed by atoms with van der Waals surface area (Å²) in [6, 6.07) is 11.0. The molecule has 1 N–H and O–H groups in total. The first kappa shape index (κ1) is 15.2. The topological polar surface area (TPSA) is 29.5 Å². The van der Waals surface area contributed by atoms with Crippen molar-refractivity contribution in [3.05, 3.63) is 63.1 Å². The van der Waals surface area contributed by atoms with Crippen molar-refractivity contribution in [2.24, 2.45) is 0 Å². The molecule has 0 unspecified atom stereocenters. The second-order valence-corrected chi connectivity index (χ2v) is 5.59. The molecule has 2 aromatic carbocycles.